The van der Waals surface area contributed by atoms with E-state index in [1.165, 1.54) is 30.5 Å². The first-order chi connectivity index (χ1) is 16.1. The Hall–Kier alpha value is -2.91. The molecule has 34 heavy (non-hydrogen) atoms. The molecule has 2 amide bonds. The van der Waals surface area contributed by atoms with Crippen LogP contribution in [0.25, 0.3) is 0 Å². The number of carbonyl (C=O) groups excluding carboxylic acids is 3. The highest BCUT2D eigenvalue weighted by molar-refractivity contribution is 6.22. The number of allylic oxidation sites excluding steroid dienone is 2. The van der Waals surface area contributed by atoms with Gasteiger partial charge in [0.2, 0.25) is 5.91 Å². The lowest BCUT2D eigenvalue weighted by Crippen LogP contribution is -2.52. The van der Waals surface area contributed by atoms with Gasteiger partial charge in [-0.1, -0.05) is 13.8 Å². The Morgan fingerprint density at radius 2 is 1.76 bits per heavy atom. The Labute approximate surface area is 198 Å². The van der Waals surface area contributed by atoms with Gasteiger partial charge in [0.25, 0.3) is 5.91 Å². The van der Waals surface area contributed by atoms with E-state index in [1.807, 2.05) is 18.7 Å². The second kappa shape index (κ2) is 9.76. The maximum Gasteiger partial charge on any atom is 0.251 e. The van der Waals surface area contributed by atoms with Gasteiger partial charge in [-0.3, -0.25) is 29.2 Å². The fourth-order valence-corrected chi connectivity index (χ4v) is 4.86. The van der Waals surface area contributed by atoms with Gasteiger partial charge in [0.05, 0.1) is 30.3 Å². The number of hydrogen-bond donors (Lipinski definition) is 1. The van der Waals surface area contributed by atoms with Crippen molar-refractivity contribution in [2.24, 2.45) is 10.4 Å². The first-order valence-corrected chi connectivity index (χ1v) is 11.7. The number of rotatable bonds is 6. The molecular weight excluding hydrogens is 439 g/mol. The lowest BCUT2D eigenvalue weighted by atomic mass is 9.77. The summed E-state index contributed by atoms with van der Waals surface area (Å²) in [6.07, 6.45) is 2.50. The molecule has 0 saturated carbocycles. The number of aliphatic hydroxyl groups excluding tert-OH is 1. The van der Waals surface area contributed by atoms with Crippen LogP contribution in [0.4, 0.5) is 10.1 Å². The largest absolute Gasteiger partial charge is 0.511 e. The van der Waals surface area contributed by atoms with Gasteiger partial charge < -0.3 is 5.11 Å². The van der Waals surface area contributed by atoms with Crippen LogP contribution in [-0.2, 0) is 14.4 Å². The molecule has 0 bridgehead atoms. The summed E-state index contributed by atoms with van der Waals surface area (Å²) in [4.78, 5) is 47.4. The van der Waals surface area contributed by atoms with Crippen molar-refractivity contribution < 1.29 is 23.9 Å². The number of hydrogen-bond acceptors (Lipinski definition) is 7. The first-order valence-electron chi connectivity index (χ1n) is 11.7. The SMILES string of the molecule is CC1(C)CC(=O)C(C=NCCN2CCN([C@H]3CC(=O)N(c4ccc(F)cc4)C3=O)CC2)=C(O)C1. The third-order valence-electron chi connectivity index (χ3n) is 6.72. The molecule has 2 fully saturated rings. The molecule has 1 aliphatic carbocycles. The molecule has 2 saturated heterocycles. The number of piperazine rings is 1. The summed E-state index contributed by atoms with van der Waals surface area (Å²) in [5.41, 5.74) is 0.496. The van der Waals surface area contributed by atoms with Crippen LogP contribution in [0.15, 0.2) is 40.6 Å². The molecule has 1 N–H and O–H groups in total. The van der Waals surface area contributed by atoms with Crippen molar-refractivity contribution in [3.05, 3.63) is 41.4 Å². The topological polar surface area (TPSA) is 93.5 Å². The number of halogens is 1. The number of amides is 2. The highest BCUT2D eigenvalue weighted by Gasteiger charge is 2.43. The summed E-state index contributed by atoms with van der Waals surface area (Å²) < 4.78 is 13.2. The summed E-state index contributed by atoms with van der Waals surface area (Å²) in [5.74, 6) is -0.900. The normalized spacial score (nSPS) is 24.6. The minimum absolute atomic E-state index is 0.0726. The van der Waals surface area contributed by atoms with Crippen LogP contribution in [0.5, 0.6) is 0 Å². The van der Waals surface area contributed by atoms with E-state index in [0.29, 0.717) is 50.3 Å². The van der Waals surface area contributed by atoms with E-state index in [4.69, 9.17) is 0 Å². The van der Waals surface area contributed by atoms with E-state index >= 15 is 0 Å². The average Bonchev–Trinajstić information content (AvgIpc) is 3.07. The molecule has 0 radical (unpaired) electrons. The quantitative estimate of drug-likeness (QED) is 0.507. The van der Waals surface area contributed by atoms with Crippen molar-refractivity contribution in [1.82, 2.24) is 9.80 Å². The second-order valence-electron chi connectivity index (χ2n) is 9.98. The van der Waals surface area contributed by atoms with Gasteiger partial charge in [-0.15, -0.1) is 0 Å². The minimum Gasteiger partial charge on any atom is -0.511 e. The van der Waals surface area contributed by atoms with Crippen molar-refractivity contribution in [1.29, 1.82) is 0 Å². The average molecular weight is 471 g/mol. The van der Waals surface area contributed by atoms with Gasteiger partial charge in [0.1, 0.15) is 11.6 Å². The van der Waals surface area contributed by atoms with E-state index in [0.717, 1.165) is 18.0 Å². The smallest absolute Gasteiger partial charge is 0.251 e. The van der Waals surface area contributed by atoms with Crippen LogP contribution in [0.1, 0.15) is 33.1 Å². The summed E-state index contributed by atoms with van der Waals surface area (Å²) in [7, 11) is 0. The molecular formula is C25H31FN4O4. The number of nitrogens with zero attached hydrogens (tertiary/aromatic N) is 4. The molecule has 1 aromatic rings. The van der Waals surface area contributed by atoms with E-state index in [2.05, 4.69) is 9.89 Å². The molecule has 2 aliphatic heterocycles. The molecule has 0 spiro atoms. The number of aliphatic imine (C=N–C) groups is 1. The molecule has 1 atom stereocenters. The molecule has 3 aliphatic rings. The number of Topliss-reactive ketones (excluding diaryl/α,β-unsaturated/α-hetero) is 1. The van der Waals surface area contributed by atoms with Crippen LogP contribution >= 0.6 is 0 Å². The molecule has 182 valence electrons. The third-order valence-corrected chi connectivity index (χ3v) is 6.72. The Morgan fingerprint density at radius 3 is 2.41 bits per heavy atom. The molecule has 0 aromatic heterocycles. The Kier molecular flexibility index (Phi) is 6.95. The lowest BCUT2D eigenvalue weighted by Gasteiger charge is -2.36. The Bertz CT molecular complexity index is 1030. The number of carbonyl (C=O) groups is 3. The fraction of sp³-hybridized carbons (Fsp3) is 0.520. The number of imide groups is 1. The van der Waals surface area contributed by atoms with Gasteiger partial charge in [-0.25, -0.2) is 9.29 Å². The number of benzene rings is 1. The molecule has 2 heterocycles. The standard InChI is InChI=1S/C25H31FN4O4/c1-25(2)14-21(31)19(22(32)15-25)16-27-7-8-28-9-11-29(12-10-28)20-13-23(33)30(24(20)34)18-5-3-17(26)4-6-18/h3-6,16,20,31H,7-15H2,1-2H3/t20-/m0/s1. The summed E-state index contributed by atoms with van der Waals surface area (Å²) in [6, 6.07) is 4.89. The zero-order valence-corrected chi connectivity index (χ0v) is 19.7. The second-order valence-corrected chi connectivity index (χ2v) is 9.98. The monoisotopic (exact) mass is 470 g/mol. The zero-order valence-electron chi connectivity index (χ0n) is 19.7. The highest BCUT2D eigenvalue weighted by Crippen LogP contribution is 2.35. The summed E-state index contributed by atoms with van der Waals surface area (Å²) >= 11 is 0. The van der Waals surface area contributed by atoms with Gasteiger partial charge in [0, 0.05) is 51.8 Å². The van der Waals surface area contributed by atoms with Crippen molar-refractivity contribution in [2.45, 2.75) is 39.2 Å². The van der Waals surface area contributed by atoms with E-state index in [9.17, 15) is 23.9 Å². The predicted molar refractivity (Wildman–Crippen MR) is 126 cm³/mol. The maximum absolute atomic E-state index is 13.2. The van der Waals surface area contributed by atoms with Crippen LogP contribution in [0.3, 0.4) is 0 Å². The van der Waals surface area contributed by atoms with E-state index < -0.39 is 11.9 Å². The third kappa shape index (κ3) is 5.26. The molecule has 0 unspecified atom stereocenters. The van der Waals surface area contributed by atoms with Crippen molar-refractivity contribution in [2.75, 3.05) is 44.2 Å². The summed E-state index contributed by atoms with van der Waals surface area (Å²) in [6.45, 7) is 7.93. The van der Waals surface area contributed by atoms with Crippen LogP contribution in [-0.4, -0.2) is 84.0 Å². The van der Waals surface area contributed by atoms with E-state index in [-0.39, 0.29) is 35.2 Å². The molecule has 9 heteroatoms. The van der Waals surface area contributed by atoms with Crippen molar-refractivity contribution >= 4 is 29.5 Å². The van der Waals surface area contributed by atoms with E-state index in [1.54, 1.807) is 0 Å². The number of ketones is 1. The molecule has 8 nitrogen and oxygen atoms in total. The number of anilines is 1. The zero-order chi connectivity index (χ0) is 24.5. The van der Waals surface area contributed by atoms with Gasteiger partial charge in [-0.2, -0.15) is 0 Å². The van der Waals surface area contributed by atoms with Crippen LogP contribution in [0.2, 0.25) is 0 Å². The lowest BCUT2D eigenvalue weighted by molar-refractivity contribution is -0.123. The minimum atomic E-state index is -0.491. The highest BCUT2D eigenvalue weighted by atomic mass is 19.1. The fourth-order valence-electron chi connectivity index (χ4n) is 4.86. The van der Waals surface area contributed by atoms with Crippen molar-refractivity contribution in [3.8, 4) is 0 Å². The van der Waals surface area contributed by atoms with Gasteiger partial charge in [0.15, 0.2) is 5.78 Å². The van der Waals surface area contributed by atoms with Gasteiger partial charge >= 0.3 is 0 Å². The van der Waals surface area contributed by atoms with Gasteiger partial charge in [-0.05, 0) is 29.7 Å². The van der Waals surface area contributed by atoms with Crippen LogP contribution in [0, 0.1) is 11.2 Å². The predicted octanol–water partition coefficient (Wildman–Crippen LogP) is 2.35. The Balaban J connectivity index is 1.26. The first kappa shape index (κ1) is 24.2. The summed E-state index contributed by atoms with van der Waals surface area (Å²) in [5, 5.41) is 10.2. The molecule has 4 rings (SSSR count). The Morgan fingerprint density at radius 1 is 1.09 bits per heavy atom. The van der Waals surface area contributed by atoms with Crippen molar-refractivity contribution in [3.63, 3.8) is 0 Å². The van der Waals surface area contributed by atoms with Crippen LogP contribution < -0.4 is 4.90 Å². The number of aliphatic hydroxyl groups is 1. The molecule has 1 aromatic carbocycles. The maximum atomic E-state index is 13.2.